The maximum absolute atomic E-state index is 13.0. The summed E-state index contributed by atoms with van der Waals surface area (Å²) in [5.41, 5.74) is 1.24. The van der Waals surface area contributed by atoms with Crippen LogP contribution in [0.3, 0.4) is 0 Å². The summed E-state index contributed by atoms with van der Waals surface area (Å²) >= 11 is 0. The van der Waals surface area contributed by atoms with Crippen molar-refractivity contribution in [3.63, 3.8) is 0 Å². The first-order valence-electron chi connectivity index (χ1n) is 8.65. The molecule has 0 atom stereocenters. The zero-order valence-corrected chi connectivity index (χ0v) is 15.9. The third-order valence-electron chi connectivity index (χ3n) is 4.93. The van der Waals surface area contributed by atoms with Gasteiger partial charge in [-0.05, 0) is 55.7 Å². The summed E-state index contributed by atoms with van der Waals surface area (Å²) in [6.45, 7) is 0.705. The topological polar surface area (TPSA) is 36.9 Å². The molecule has 1 aromatic carbocycles. The van der Waals surface area contributed by atoms with Crippen molar-refractivity contribution in [2.24, 2.45) is 0 Å². The minimum absolute atomic E-state index is 0.168. The summed E-state index contributed by atoms with van der Waals surface area (Å²) in [6.07, 6.45) is 5.52. The Morgan fingerprint density at radius 2 is 1.54 bits per heavy atom. The van der Waals surface area contributed by atoms with Crippen LogP contribution in [-0.4, -0.2) is 42.8 Å². The van der Waals surface area contributed by atoms with Crippen LogP contribution in [-0.2, 0) is 18.0 Å². The predicted molar refractivity (Wildman–Crippen MR) is 93.6 cm³/mol. The lowest BCUT2D eigenvalue weighted by molar-refractivity contribution is 0.0225. The molecule has 2 rings (SSSR count). The third-order valence-corrected chi connectivity index (χ3v) is 7.76. The highest BCUT2D eigenvalue weighted by Crippen LogP contribution is 2.34. The Morgan fingerprint density at radius 1 is 0.958 bits per heavy atom. The van der Waals surface area contributed by atoms with E-state index in [1.807, 2.05) is 12.1 Å². The molecular formula is C18H29FO4Si. The average molecular weight is 357 g/mol. The molecule has 0 aromatic heterocycles. The van der Waals surface area contributed by atoms with Gasteiger partial charge in [0, 0.05) is 34.0 Å². The summed E-state index contributed by atoms with van der Waals surface area (Å²) in [4.78, 5) is 0. The Morgan fingerprint density at radius 3 is 2.08 bits per heavy atom. The Labute approximate surface area is 145 Å². The number of hydrogen-bond acceptors (Lipinski definition) is 4. The van der Waals surface area contributed by atoms with Gasteiger partial charge in [-0.3, -0.25) is 0 Å². The SMILES string of the molecule is CO[Si](CCCOC1CCC(c2ccc(F)cc2)CC1)(OC)OC. The van der Waals surface area contributed by atoms with Crippen molar-refractivity contribution in [2.75, 3.05) is 27.9 Å². The molecule has 0 amide bonds. The first kappa shape index (κ1) is 19.5. The minimum Gasteiger partial charge on any atom is -0.378 e. The highest BCUT2D eigenvalue weighted by atomic mass is 28.4. The van der Waals surface area contributed by atoms with Gasteiger partial charge in [0.25, 0.3) is 0 Å². The molecule has 1 aliphatic rings. The van der Waals surface area contributed by atoms with Crippen molar-refractivity contribution in [2.45, 2.75) is 50.2 Å². The lowest BCUT2D eigenvalue weighted by Gasteiger charge is -2.29. The second-order valence-electron chi connectivity index (χ2n) is 6.29. The van der Waals surface area contributed by atoms with Gasteiger partial charge in [-0.1, -0.05) is 12.1 Å². The van der Waals surface area contributed by atoms with Crippen LogP contribution in [0.15, 0.2) is 24.3 Å². The number of rotatable bonds is 9. The van der Waals surface area contributed by atoms with Crippen LogP contribution in [0.25, 0.3) is 0 Å². The molecule has 0 N–H and O–H groups in total. The van der Waals surface area contributed by atoms with Gasteiger partial charge in [0.15, 0.2) is 0 Å². The van der Waals surface area contributed by atoms with Crippen LogP contribution in [0.4, 0.5) is 4.39 Å². The molecule has 0 spiro atoms. The van der Waals surface area contributed by atoms with E-state index in [2.05, 4.69) is 0 Å². The van der Waals surface area contributed by atoms with Gasteiger partial charge in [0.2, 0.25) is 0 Å². The number of ether oxygens (including phenoxy) is 1. The van der Waals surface area contributed by atoms with E-state index in [4.69, 9.17) is 18.0 Å². The second kappa shape index (κ2) is 9.63. The Kier molecular flexibility index (Phi) is 7.84. The van der Waals surface area contributed by atoms with Crippen LogP contribution in [0.2, 0.25) is 6.04 Å². The van der Waals surface area contributed by atoms with Gasteiger partial charge < -0.3 is 18.0 Å². The molecular weight excluding hydrogens is 327 g/mol. The van der Waals surface area contributed by atoms with Gasteiger partial charge in [-0.25, -0.2) is 4.39 Å². The predicted octanol–water partition coefficient (Wildman–Crippen LogP) is 4.14. The summed E-state index contributed by atoms with van der Waals surface area (Å²) in [7, 11) is 2.43. The zero-order valence-electron chi connectivity index (χ0n) is 14.9. The molecule has 0 aliphatic heterocycles. The van der Waals surface area contributed by atoms with Crippen LogP contribution in [0.1, 0.15) is 43.6 Å². The lowest BCUT2D eigenvalue weighted by Crippen LogP contribution is -2.42. The van der Waals surface area contributed by atoms with Crippen molar-refractivity contribution in [3.8, 4) is 0 Å². The zero-order chi connectivity index (χ0) is 17.4. The van der Waals surface area contributed by atoms with Gasteiger partial charge in [0.05, 0.1) is 6.10 Å². The van der Waals surface area contributed by atoms with Gasteiger partial charge in [-0.2, -0.15) is 0 Å². The Hall–Kier alpha value is -0.793. The normalized spacial score (nSPS) is 21.8. The van der Waals surface area contributed by atoms with Crippen LogP contribution >= 0.6 is 0 Å². The smallest absolute Gasteiger partial charge is 0.378 e. The fourth-order valence-electron chi connectivity index (χ4n) is 3.39. The molecule has 1 aliphatic carbocycles. The standard InChI is InChI=1S/C18H29FO4Si/c1-20-24(21-2,22-3)14-4-13-23-18-11-7-16(8-12-18)15-5-9-17(19)10-6-15/h5-6,9-10,16,18H,4,7-8,11-14H2,1-3H3. The quantitative estimate of drug-likeness (QED) is 0.492. The molecule has 1 fully saturated rings. The van der Waals surface area contributed by atoms with E-state index in [0.29, 0.717) is 18.6 Å². The van der Waals surface area contributed by atoms with E-state index in [9.17, 15) is 4.39 Å². The van der Waals surface area contributed by atoms with Crippen molar-refractivity contribution in [3.05, 3.63) is 35.6 Å². The van der Waals surface area contributed by atoms with Crippen molar-refractivity contribution >= 4 is 8.80 Å². The summed E-state index contributed by atoms with van der Waals surface area (Å²) in [5, 5.41) is 0. The Balaban J connectivity index is 1.67. The van der Waals surface area contributed by atoms with E-state index >= 15 is 0 Å². The molecule has 1 saturated carbocycles. The fourth-order valence-corrected chi connectivity index (χ4v) is 5.08. The number of halogens is 1. The van der Waals surface area contributed by atoms with Gasteiger partial charge >= 0.3 is 8.80 Å². The van der Waals surface area contributed by atoms with Gasteiger partial charge in [0.1, 0.15) is 5.82 Å². The maximum atomic E-state index is 13.0. The monoisotopic (exact) mass is 356 g/mol. The van der Waals surface area contributed by atoms with E-state index < -0.39 is 8.80 Å². The first-order valence-corrected chi connectivity index (χ1v) is 10.6. The van der Waals surface area contributed by atoms with E-state index in [0.717, 1.165) is 38.1 Å². The van der Waals surface area contributed by atoms with E-state index in [1.54, 1.807) is 33.5 Å². The molecule has 0 heterocycles. The molecule has 0 radical (unpaired) electrons. The molecule has 0 bridgehead atoms. The highest BCUT2D eigenvalue weighted by molar-refractivity contribution is 6.60. The van der Waals surface area contributed by atoms with Crippen molar-refractivity contribution in [1.29, 1.82) is 0 Å². The molecule has 24 heavy (non-hydrogen) atoms. The van der Waals surface area contributed by atoms with E-state index in [1.165, 1.54) is 5.56 Å². The fraction of sp³-hybridized carbons (Fsp3) is 0.667. The second-order valence-corrected chi connectivity index (χ2v) is 9.39. The molecule has 0 saturated heterocycles. The molecule has 0 unspecified atom stereocenters. The van der Waals surface area contributed by atoms with Gasteiger partial charge in [-0.15, -0.1) is 0 Å². The van der Waals surface area contributed by atoms with Crippen molar-refractivity contribution in [1.82, 2.24) is 0 Å². The Bertz CT molecular complexity index is 462. The minimum atomic E-state index is -2.47. The summed E-state index contributed by atoms with van der Waals surface area (Å²) in [6, 6.07) is 7.68. The third kappa shape index (κ3) is 5.36. The lowest BCUT2D eigenvalue weighted by atomic mass is 9.83. The molecule has 4 nitrogen and oxygen atoms in total. The van der Waals surface area contributed by atoms with E-state index in [-0.39, 0.29) is 5.82 Å². The molecule has 6 heteroatoms. The molecule has 1 aromatic rings. The van der Waals surface area contributed by atoms with Crippen LogP contribution in [0.5, 0.6) is 0 Å². The van der Waals surface area contributed by atoms with Crippen LogP contribution in [0, 0.1) is 5.82 Å². The largest absolute Gasteiger partial charge is 0.500 e. The summed E-state index contributed by atoms with van der Waals surface area (Å²) < 4.78 is 35.3. The highest BCUT2D eigenvalue weighted by Gasteiger charge is 2.37. The first-order chi connectivity index (χ1) is 11.6. The average Bonchev–Trinajstić information content (AvgIpc) is 2.64. The molecule has 136 valence electrons. The van der Waals surface area contributed by atoms with Crippen LogP contribution < -0.4 is 0 Å². The van der Waals surface area contributed by atoms with Crippen molar-refractivity contribution < 1.29 is 22.4 Å². The summed E-state index contributed by atoms with van der Waals surface area (Å²) in [5.74, 6) is 0.361. The maximum Gasteiger partial charge on any atom is 0.500 e. The number of hydrogen-bond donors (Lipinski definition) is 0. The number of benzene rings is 1.